The lowest BCUT2D eigenvalue weighted by Crippen LogP contribution is -2.58. The van der Waals surface area contributed by atoms with Gasteiger partial charge in [-0.05, 0) is 98.9 Å². The van der Waals surface area contributed by atoms with Gasteiger partial charge in [-0.25, -0.2) is 0 Å². The smallest absolute Gasteiger partial charge is 0.247 e. The van der Waals surface area contributed by atoms with Gasteiger partial charge >= 0.3 is 0 Å². The van der Waals surface area contributed by atoms with E-state index in [9.17, 15) is 33.6 Å². The van der Waals surface area contributed by atoms with Crippen molar-refractivity contribution in [1.29, 1.82) is 0 Å². The fourth-order valence-electron chi connectivity index (χ4n) is 9.54. The maximum Gasteiger partial charge on any atom is 0.247 e. The summed E-state index contributed by atoms with van der Waals surface area (Å²) in [5, 5.41) is 23.0. The van der Waals surface area contributed by atoms with Crippen molar-refractivity contribution in [1.82, 2.24) is 52.3 Å². The molecular formula is C52H68N10O7S3. The molecule has 4 heterocycles. The minimum atomic E-state index is -1.12. The number of nitrogens with zero attached hydrogens (tertiary/aromatic N) is 2. The lowest BCUT2D eigenvalue weighted by Gasteiger charge is -2.35. The molecular weight excluding hydrogens is 973 g/mol. The fourth-order valence-corrected chi connectivity index (χ4v) is 13.0. The molecule has 4 aliphatic heterocycles. The molecule has 0 saturated carbocycles. The Bertz CT molecular complexity index is 2310. The van der Waals surface area contributed by atoms with Crippen molar-refractivity contribution in [2.75, 3.05) is 38.7 Å². The molecule has 8 N–H and O–H groups in total. The molecule has 0 aromatic heterocycles. The van der Waals surface area contributed by atoms with Crippen LogP contribution in [0.4, 0.5) is 0 Å². The summed E-state index contributed by atoms with van der Waals surface area (Å²) in [5.74, 6) is 9.50. The molecule has 4 aliphatic rings. The number of hydrogen-bond donors (Lipinski definition) is 8. The van der Waals surface area contributed by atoms with E-state index in [1.165, 1.54) is 0 Å². The number of likely N-dealkylation sites (N-methyl/N-ethyl adjacent to an activating group) is 2. The van der Waals surface area contributed by atoms with Gasteiger partial charge < -0.3 is 52.3 Å². The predicted octanol–water partition coefficient (Wildman–Crippen LogP) is 2.11. The van der Waals surface area contributed by atoms with Gasteiger partial charge in [-0.15, -0.1) is 23.5 Å². The number of amides is 7. The van der Waals surface area contributed by atoms with E-state index in [-0.39, 0.29) is 47.6 Å². The van der Waals surface area contributed by atoms with Crippen molar-refractivity contribution in [3.05, 3.63) is 71.8 Å². The quantitative estimate of drug-likeness (QED) is 0.0894. The van der Waals surface area contributed by atoms with E-state index in [0.29, 0.717) is 53.3 Å². The molecule has 0 spiro atoms. The molecule has 20 heteroatoms. The molecule has 2 aromatic carbocycles. The molecule has 4 saturated heterocycles. The maximum absolute atomic E-state index is 14.4. The van der Waals surface area contributed by atoms with Crippen LogP contribution in [-0.2, 0) is 33.6 Å². The van der Waals surface area contributed by atoms with Crippen LogP contribution in [0.2, 0.25) is 0 Å². The standard InChI is InChI=1S/C52H68N10O7S3/c1-31(53-7)43(63)57-35-23-27-71-37-29-51(3,4)41(61(37)49(35)68)46(66)59-39(33-19-13-11-14-20-33)44(64)55-25-17-9-10-18-26-56-45(65)40(34-21-15-12-16-22-34)60-47(67)42-52(5,6)30-38-62(42)50(69)36(24-28-72-38)58-48(70)32(2)54-8/h11-16,19-22,31-32,35-42,53-54H,23-30H2,1-8H3,(H,55,64)(H,56,65)(H,57,63)(H,58,70)(H,59,66)(H,60,67)/t31?,32?,35-,36-,37-,38-,39?,40-,41+,42+/m0/s1. The van der Waals surface area contributed by atoms with Crippen LogP contribution in [-0.4, -0.2) is 142 Å². The van der Waals surface area contributed by atoms with Gasteiger partial charge in [-0.3, -0.25) is 33.6 Å². The van der Waals surface area contributed by atoms with Gasteiger partial charge in [0.05, 0.1) is 40.9 Å². The van der Waals surface area contributed by atoms with Crippen molar-refractivity contribution in [2.45, 2.75) is 126 Å². The second kappa shape index (κ2) is 24.9. The van der Waals surface area contributed by atoms with Gasteiger partial charge in [-0.1, -0.05) is 112 Å². The number of carbonyl (C=O) groups is 7. The highest BCUT2D eigenvalue weighted by Gasteiger charge is 2.56. The number of hydrogen-bond acceptors (Lipinski definition) is 12. The molecule has 4 fully saturated rings. The Morgan fingerprint density at radius 1 is 0.639 bits per heavy atom. The van der Waals surface area contributed by atoms with Crippen LogP contribution in [0.15, 0.2) is 60.7 Å². The Kier molecular flexibility index (Phi) is 19.2. The minimum absolute atomic E-state index is 0.101. The Morgan fingerprint density at radius 3 is 1.44 bits per heavy atom. The van der Waals surface area contributed by atoms with Crippen molar-refractivity contribution in [2.24, 2.45) is 10.8 Å². The van der Waals surface area contributed by atoms with E-state index < -0.39 is 76.8 Å². The molecule has 2 aromatic rings. The third-order valence-corrected chi connectivity index (χ3v) is 16.7. The van der Waals surface area contributed by atoms with Crippen LogP contribution in [0.3, 0.4) is 0 Å². The molecule has 0 aliphatic carbocycles. The number of carbonyl (C=O) groups excluding carboxylic acids is 7. The van der Waals surface area contributed by atoms with Crippen LogP contribution in [0.1, 0.15) is 90.4 Å². The first kappa shape index (κ1) is 55.7. The summed E-state index contributed by atoms with van der Waals surface area (Å²) in [6.07, 6.45) is 2.13. The molecule has 72 heavy (non-hydrogen) atoms. The number of nitrogens with one attached hydrogen (secondary N) is 8. The SMILES string of the molecule is CNC(C)C(=O)N[C@H]1CCS[C@H]2CC(C)(C)[C@@H](C(=O)NC(C(=O)NCC#CC#CCNC(=O)[C@@H](NC(=O)[C@H]3N4C(=O)[C@@H](NC(=S)C(C)NC)CCS[C@H]4CC3(C)C)c3ccccc3)c3ccccc3)N2C1=O. The van der Waals surface area contributed by atoms with Crippen LogP contribution < -0.4 is 42.5 Å². The molecule has 6 rings (SSSR count). The zero-order valence-electron chi connectivity index (χ0n) is 42.2. The number of rotatable bonds is 16. The highest BCUT2D eigenvalue weighted by Crippen LogP contribution is 2.48. The van der Waals surface area contributed by atoms with Crippen LogP contribution in [0.25, 0.3) is 0 Å². The summed E-state index contributed by atoms with van der Waals surface area (Å²) >= 11 is 8.80. The monoisotopic (exact) mass is 1040 g/mol. The molecule has 7 amide bonds. The lowest BCUT2D eigenvalue weighted by atomic mass is 9.83. The molecule has 0 bridgehead atoms. The molecule has 3 unspecified atom stereocenters. The second-order valence-corrected chi connectivity index (χ2v) is 22.8. The van der Waals surface area contributed by atoms with Crippen molar-refractivity contribution in [3.63, 3.8) is 0 Å². The van der Waals surface area contributed by atoms with E-state index in [0.717, 1.165) is 0 Å². The fraction of sp³-hybridized carbons (Fsp3) is 0.538. The number of benzene rings is 2. The minimum Gasteiger partial charge on any atom is -0.367 e. The van der Waals surface area contributed by atoms with E-state index >= 15 is 0 Å². The van der Waals surface area contributed by atoms with Gasteiger partial charge in [0, 0.05) is 0 Å². The average molecular weight is 1040 g/mol. The Balaban J connectivity index is 1.08. The number of thioether (sulfide) groups is 2. The third-order valence-electron chi connectivity index (χ3n) is 13.7. The summed E-state index contributed by atoms with van der Waals surface area (Å²) in [6, 6.07) is 11.6. The summed E-state index contributed by atoms with van der Waals surface area (Å²) in [5.41, 5.74) is -0.171. The molecule has 10 atom stereocenters. The number of fused-ring (bicyclic) bond motifs is 2. The Labute approximate surface area is 437 Å². The third kappa shape index (κ3) is 13.3. The molecule has 0 radical (unpaired) electrons. The van der Waals surface area contributed by atoms with E-state index in [4.69, 9.17) is 12.2 Å². The Morgan fingerprint density at radius 2 is 1.04 bits per heavy atom. The first-order chi connectivity index (χ1) is 34.3. The topological polar surface area (TPSA) is 222 Å². The van der Waals surface area contributed by atoms with E-state index in [1.807, 2.05) is 40.7 Å². The summed E-state index contributed by atoms with van der Waals surface area (Å²) in [4.78, 5) is 101. The second-order valence-electron chi connectivity index (χ2n) is 19.8. The van der Waals surface area contributed by atoms with Gasteiger partial charge in [0.1, 0.15) is 36.3 Å². The van der Waals surface area contributed by atoms with Gasteiger partial charge in [0.2, 0.25) is 41.4 Å². The van der Waals surface area contributed by atoms with Crippen molar-refractivity contribution in [3.8, 4) is 23.7 Å². The summed E-state index contributed by atoms with van der Waals surface area (Å²) in [7, 11) is 3.46. The van der Waals surface area contributed by atoms with Gasteiger partial charge in [-0.2, -0.15) is 0 Å². The highest BCUT2D eigenvalue weighted by atomic mass is 32.2. The maximum atomic E-state index is 14.4. The molecule has 386 valence electrons. The Hall–Kier alpha value is -5.64. The molecule has 17 nitrogen and oxygen atoms in total. The van der Waals surface area contributed by atoms with Crippen LogP contribution >= 0.6 is 35.7 Å². The summed E-state index contributed by atoms with van der Waals surface area (Å²) in [6.45, 7) is 11.2. The van der Waals surface area contributed by atoms with Crippen LogP contribution in [0, 0.1) is 34.5 Å². The first-order valence-electron chi connectivity index (χ1n) is 24.3. The highest BCUT2D eigenvalue weighted by molar-refractivity contribution is 8.00. The zero-order chi connectivity index (χ0) is 52.3. The lowest BCUT2D eigenvalue weighted by molar-refractivity contribution is -0.144. The normalized spacial score (nSPS) is 24.6. The first-order valence-corrected chi connectivity index (χ1v) is 26.8. The number of thiocarbonyl (C=S) groups is 1. The average Bonchev–Trinajstić information content (AvgIpc) is 3.68. The summed E-state index contributed by atoms with van der Waals surface area (Å²) < 4.78 is 0. The largest absolute Gasteiger partial charge is 0.367 e. The predicted molar refractivity (Wildman–Crippen MR) is 285 cm³/mol. The van der Waals surface area contributed by atoms with Crippen LogP contribution in [0.5, 0.6) is 0 Å². The van der Waals surface area contributed by atoms with Crippen molar-refractivity contribution >= 4 is 82.1 Å². The van der Waals surface area contributed by atoms with Crippen molar-refractivity contribution < 1.29 is 33.6 Å². The van der Waals surface area contributed by atoms with E-state index in [2.05, 4.69) is 66.2 Å². The van der Waals surface area contributed by atoms with Gasteiger partial charge in [0.15, 0.2) is 0 Å². The van der Waals surface area contributed by atoms with Gasteiger partial charge in [0.25, 0.3) is 0 Å². The van der Waals surface area contributed by atoms with E-state index in [1.54, 1.807) is 109 Å². The zero-order valence-corrected chi connectivity index (χ0v) is 44.6.